The number of hydrogen-bond acceptors (Lipinski definition) is 6. The van der Waals surface area contributed by atoms with Gasteiger partial charge >= 0.3 is 0 Å². The first kappa shape index (κ1) is 26.0. The molecule has 0 spiro atoms. The molecular formula is C25H25Cl2NO5S. The SMILES string of the molecule is COc1ncc(Oc2c(Cl)ccc(CC(=O)Cc3cccc(S(C)(=O)=O)c3)c2Cl)cc1C(C)C. The molecule has 1 aromatic heterocycles. The minimum atomic E-state index is -3.36. The number of carbonyl (C=O) groups excluding carboxylic acids is 1. The van der Waals surface area contributed by atoms with Crippen molar-refractivity contribution >= 4 is 38.8 Å². The summed E-state index contributed by atoms with van der Waals surface area (Å²) in [7, 11) is -1.80. The highest BCUT2D eigenvalue weighted by molar-refractivity contribution is 7.90. The van der Waals surface area contributed by atoms with Gasteiger partial charge in [-0.2, -0.15) is 0 Å². The summed E-state index contributed by atoms with van der Waals surface area (Å²) >= 11 is 12.9. The summed E-state index contributed by atoms with van der Waals surface area (Å²) in [6.45, 7) is 4.03. The van der Waals surface area contributed by atoms with E-state index < -0.39 is 9.84 Å². The second-order valence-corrected chi connectivity index (χ2v) is 11.0. The van der Waals surface area contributed by atoms with Gasteiger partial charge in [0.05, 0.1) is 28.2 Å². The van der Waals surface area contributed by atoms with E-state index >= 15 is 0 Å². The van der Waals surface area contributed by atoms with Crippen LogP contribution in [-0.4, -0.2) is 32.6 Å². The first-order chi connectivity index (χ1) is 16.0. The Morgan fingerprint density at radius 1 is 1.09 bits per heavy atom. The Balaban J connectivity index is 1.82. The Morgan fingerprint density at radius 2 is 1.82 bits per heavy atom. The van der Waals surface area contributed by atoms with Crippen molar-refractivity contribution in [2.45, 2.75) is 37.5 Å². The van der Waals surface area contributed by atoms with Gasteiger partial charge in [0.15, 0.2) is 15.6 Å². The van der Waals surface area contributed by atoms with Gasteiger partial charge in [0.1, 0.15) is 11.5 Å². The summed E-state index contributed by atoms with van der Waals surface area (Å²) in [5.74, 6) is 1.21. The fourth-order valence-electron chi connectivity index (χ4n) is 3.40. The van der Waals surface area contributed by atoms with Crippen LogP contribution in [-0.2, 0) is 27.5 Å². The van der Waals surface area contributed by atoms with Crippen LogP contribution in [0.15, 0.2) is 53.6 Å². The van der Waals surface area contributed by atoms with Crippen molar-refractivity contribution in [2.75, 3.05) is 13.4 Å². The highest BCUT2D eigenvalue weighted by Gasteiger charge is 2.18. The highest BCUT2D eigenvalue weighted by atomic mass is 35.5. The van der Waals surface area contributed by atoms with E-state index in [0.717, 1.165) is 11.8 Å². The van der Waals surface area contributed by atoms with Crippen molar-refractivity contribution in [2.24, 2.45) is 0 Å². The number of rotatable bonds is 9. The predicted molar refractivity (Wildman–Crippen MR) is 133 cm³/mol. The molecule has 9 heteroatoms. The van der Waals surface area contributed by atoms with Gasteiger partial charge in [0.25, 0.3) is 0 Å². The summed E-state index contributed by atoms with van der Waals surface area (Å²) in [6.07, 6.45) is 2.75. The Bertz CT molecular complexity index is 1320. The molecule has 180 valence electrons. The van der Waals surface area contributed by atoms with Crippen molar-refractivity contribution in [3.63, 3.8) is 0 Å². The molecule has 0 radical (unpaired) electrons. The quantitative estimate of drug-likeness (QED) is 0.339. The minimum absolute atomic E-state index is 0.0353. The van der Waals surface area contributed by atoms with Gasteiger partial charge in [0.2, 0.25) is 5.88 Å². The van der Waals surface area contributed by atoms with Crippen molar-refractivity contribution in [1.29, 1.82) is 0 Å². The molecule has 0 saturated carbocycles. The second-order valence-electron chi connectivity index (χ2n) is 8.19. The first-order valence-corrected chi connectivity index (χ1v) is 13.1. The number of sulfone groups is 1. The van der Waals surface area contributed by atoms with Crippen LogP contribution in [0.2, 0.25) is 10.0 Å². The number of Topliss-reactive ketones (excluding diaryl/α,β-unsaturated/α-hetero) is 1. The number of ether oxygens (including phenoxy) is 2. The van der Waals surface area contributed by atoms with Crippen LogP contribution in [0, 0.1) is 0 Å². The number of methoxy groups -OCH3 is 1. The van der Waals surface area contributed by atoms with E-state index in [1.54, 1.807) is 31.4 Å². The predicted octanol–water partition coefficient (Wildman–Crippen LogP) is 6.07. The van der Waals surface area contributed by atoms with Gasteiger partial charge in [-0.1, -0.05) is 55.2 Å². The number of benzene rings is 2. The molecule has 0 N–H and O–H groups in total. The fraction of sp³-hybridized carbons (Fsp3) is 0.280. The van der Waals surface area contributed by atoms with Gasteiger partial charge in [-0.05, 0) is 41.3 Å². The van der Waals surface area contributed by atoms with E-state index in [2.05, 4.69) is 4.98 Å². The number of aromatic nitrogens is 1. The van der Waals surface area contributed by atoms with E-state index in [0.29, 0.717) is 27.8 Å². The van der Waals surface area contributed by atoms with E-state index in [4.69, 9.17) is 32.7 Å². The van der Waals surface area contributed by atoms with Gasteiger partial charge in [-0.3, -0.25) is 4.79 Å². The third-order valence-corrected chi connectivity index (χ3v) is 6.96. The molecule has 0 aliphatic rings. The van der Waals surface area contributed by atoms with Crippen molar-refractivity contribution in [3.05, 3.63) is 75.4 Å². The standard InChI is InChI=1S/C25H25Cl2NO5S/c1-15(2)21-13-19(14-28-25(21)32-3)33-24-22(26)9-8-17(23(24)27)12-18(29)10-16-6-5-7-20(11-16)34(4,30)31/h5-9,11,13-15H,10,12H2,1-4H3. The lowest BCUT2D eigenvalue weighted by Crippen LogP contribution is -2.08. The molecule has 1 heterocycles. The highest BCUT2D eigenvalue weighted by Crippen LogP contribution is 2.40. The third kappa shape index (κ3) is 6.29. The van der Waals surface area contributed by atoms with Crippen LogP contribution < -0.4 is 9.47 Å². The number of pyridine rings is 1. The maximum atomic E-state index is 12.7. The maximum absolute atomic E-state index is 12.7. The van der Waals surface area contributed by atoms with Crippen LogP contribution in [0.4, 0.5) is 0 Å². The average Bonchev–Trinajstić information content (AvgIpc) is 2.78. The molecule has 34 heavy (non-hydrogen) atoms. The van der Waals surface area contributed by atoms with Crippen LogP contribution in [0.1, 0.15) is 36.5 Å². The van der Waals surface area contributed by atoms with E-state index in [-0.39, 0.29) is 40.2 Å². The molecule has 0 aliphatic heterocycles. The third-order valence-electron chi connectivity index (χ3n) is 5.13. The van der Waals surface area contributed by atoms with Crippen molar-refractivity contribution < 1.29 is 22.7 Å². The summed E-state index contributed by atoms with van der Waals surface area (Å²) < 4.78 is 34.8. The second kappa shape index (κ2) is 10.8. The zero-order valence-corrected chi connectivity index (χ0v) is 21.6. The smallest absolute Gasteiger partial charge is 0.216 e. The van der Waals surface area contributed by atoms with Crippen LogP contribution in [0.5, 0.6) is 17.4 Å². The fourth-order valence-corrected chi connectivity index (χ4v) is 4.60. The average molecular weight is 522 g/mol. The Kier molecular flexibility index (Phi) is 8.23. The largest absolute Gasteiger partial charge is 0.481 e. The normalized spacial score (nSPS) is 11.5. The van der Waals surface area contributed by atoms with Crippen LogP contribution >= 0.6 is 23.2 Å². The summed E-state index contributed by atoms with van der Waals surface area (Å²) in [5.41, 5.74) is 2.03. The molecule has 0 amide bonds. The topological polar surface area (TPSA) is 82.6 Å². The van der Waals surface area contributed by atoms with Crippen LogP contribution in [0.3, 0.4) is 0 Å². The molecule has 6 nitrogen and oxygen atoms in total. The van der Waals surface area contributed by atoms with Gasteiger partial charge in [-0.25, -0.2) is 13.4 Å². The zero-order chi connectivity index (χ0) is 25.0. The Morgan fingerprint density at radius 3 is 2.47 bits per heavy atom. The number of hydrogen-bond donors (Lipinski definition) is 0. The lowest BCUT2D eigenvalue weighted by molar-refractivity contribution is -0.117. The van der Waals surface area contributed by atoms with E-state index in [1.165, 1.54) is 18.3 Å². The van der Waals surface area contributed by atoms with Crippen molar-refractivity contribution in [1.82, 2.24) is 4.98 Å². The van der Waals surface area contributed by atoms with Gasteiger partial charge in [0, 0.05) is 24.7 Å². The summed E-state index contributed by atoms with van der Waals surface area (Å²) in [4.78, 5) is 17.2. The molecule has 0 bridgehead atoms. The van der Waals surface area contributed by atoms with E-state index in [9.17, 15) is 13.2 Å². The van der Waals surface area contributed by atoms with Gasteiger partial charge < -0.3 is 9.47 Å². The molecule has 0 atom stereocenters. The summed E-state index contributed by atoms with van der Waals surface area (Å²) in [5, 5.41) is 0.525. The monoisotopic (exact) mass is 521 g/mol. The number of nitrogens with zero attached hydrogens (tertiary/aromatic N) is 1. The van der Waals surface area contributed by atoms with Gasteiger partial charge in [-0.15, -0.1) is 0 Å². The molecular weight excluding hydrogens is 497 g/mol. The van der Waals surface area contributed by atoms with Crippen LogP contribution in [0.25, 0.3) is 0 Å². The van der Waals surface area contributed by atoms with E-state index in [1.807, 2.05) is 19.9 Å². The van der Waals surface area contributed by atoms with Crippen molar-refractivity contribution in [3.8, 4) is 17.4 Å². The molecule has 3 aromatic rings. The lowest BCUT2D eigenvalue weighted by Gasteiger charge is -2.15. The molecule has 0 aliphatic carbocycles. The molecule has 0 unspecified atom stereocenters. The lowest BCUT2D eigenvalue weighted by atomic mass is 10.0. The number of carbonyl (C=O) groups is 1. The minimum Gasteiger partial charge on any atom is -0.481 e. The summed E-state index contributed by atoms with van der Waals surface area (Å²) in [6, 6.07) is 11.5. The Hall–Kier alpha value is -2.61. The molecule has 2 aromatic carbocycles. The number of halogens is 2. The Labute approximate surface area is 209 Å². The number of ketones is 1. The molecule has 0 fully saturated rings. The maximum Gasteiger partial charge on any atom is 0.216 e. The molecule has 0 saturated heterocycles. The molecule has 3 rings (SSSR count). The zero-order valence-electron chi connectivity index (χ0n) is 19.3. The first-order valence-electron chi connectivity index (χ1n) is 10.5.